The number of carbonyl (C=O) groups excluding carboxylic acids is 1. The number of aryl methyl sites for hydroxylation is 1. The number of nitrogens with one attached hydrogen (secondary N) is 2. The van der Waals surface area contributed by atoms with Gasteiger partial charge in [0.2, 0.25) is 5.91 Å². The predicted molar refractivity (Wildman–Crippen MR) is 75.8 cm³/mol. The van der Waals surface area contributed by atoms with Crippen LogP contribution in [0.25, 0.3) is 10.9 Å². The van der Waals surface area contributed by atoms with Crippen molar-refractivity contribution >= 4 is 16.8 Å². The van der Waals surface area contributed by atoms with E-state index in [-0.39, 0.29) is 5.91 Å². The topological polar surface area (TPSA) is 59.0 Å². The van der Waals surface area contributed by atoms with Crippen molar-refractivity contribution in [3.8, 4) is 0 Å². The van der Waals surface area contributed by atoms with Gasteiger partial charge < -0.3 is 10.6 Å². The van der Waals surface area contributed by atoms with Crippen molar-refractivity contribution in [3.05, 3.63) is 30.0 Å². The number of fused-ring (bicyclic) bond motifs is 1. The Balaban J connectivity index is 1.99. The van der Waals surface area contributed by atoms with E-state index in [1.165, 1.54) is 17.8 Å². The first-order valence-corrected chi connectivity index (χ1v) is 6.62. The lowest BCUT2D eigenvalue weighted by atomic mass is 10.2. The minimum atomic E-state index is 0.00232. The van der Waals surface area contributed by atoms with Gasteiger partial charge in [0.15, 0.2) is 0 Å². The van der Waals surface area contributed by atoms with Crippen molar-refractivity contribution in [1.82, 2.24) is 20.4 Å². The highest BCUT2D eigenvalue weighted by Gasteiger charge is 2.07. The maximum atomic E-state index is 10.7. The molecule has 2 aromatic rings. The zero-order valence-electron chi connectivity index (χ0n) is 11.4. The van der Waals surface area contributed by atoms with Crippen molar-refractivity contribution in [2.45, 2.75) is 26.9 Å². The summed E-state index contributed by atoms with van der Waals surface area (Å²) >= 11 is 0. The van der Waals surface area contributed by atoms with Crippen molar-refractivity contribution in [3.63, 3.8) is 0 Å². The quantitative estimate of drug-likeness (QED) is 0.769. The molecule has 5 nitrogen and oxygen atoms in total. The summed E-state index contributed by atoms with van der Waals surface area (Å²) < 4.78 is 2.01. The summed E-state index contributed by atoms with van der Waals surface area (Å²) in [6.45, 7) is 6.58. The second-order valence-corrected chi connectivity index (χ2v) is 4.44. The monoisotopic (exact) mass is 260 g/mol. The molecule has 19 heavy (non-hydrogen) atoms. The highest BCUT2D eigenvalue weighted by atomic mass is 16.1. The Bertz CT molecular complexity index is 562. The molecule has 5 heteroatoms. The third kappa shape index (κ3) is 3.32. The van der Waals surface area contributed by atoms with Crippen molar-refractivity contribution in [1.29, 1.82) is 0 Å². The van der Waals surface area contributed by atoms with Gasteiger partial charge in [-0.05, 0) is 13.0 Å². The molecule has 0 atom stereocenters. The number of para-hydroxylation sites is 1. The van der Waals surface area contributed by atoms with Gasteiger partial charge >= 0.3 is 0 Å². The van der Waals surface area contributed by atoms with Gasteiger partial charge in [-0.2, -0.15) is 5.10 Å². The summed E-state index contributed by atoms with van der Waals surface area (Å²) in [5.74, 6) is 0.00232. The summed E-state index contributed by atoms with van der Waals surface area (Å²) in [6.07, 6.45) is 0. The molecule has 1 heterocycles. The Morgan fingerprint density at radius 2 is 2.11 bits per heavy atom. The van der Waals surface area contributed by atoms with Crippen LogP contribution in [0.15, 0.2) is 24.3 Å². The fraction of sp³-hybridized carbons (Fsp3) is 0.429. The van der Waals surface area contributed by atoms with Crippen LogP contribution in [0.4, 0.5) is 0 Å². The smallest absolute Gasteiger partial charge is 0.216 e. The van der Waals surface area contributed by atoms with Gasteiger partial charge in [0, 0.05) is 38.5 Å². The van der Waals surface area contributed by atoms with Crippen LogP contribution in [-0.2, 0) is 17.9 Å². The number of amides is 1. The molecular formula is C14H20N4O. The minimum absolute atomic E-state index is 0.00232. The molecule has 2 rings (SSSR count). The molecule has 1 aromatic carbocycles. The van der Waals surface area contributed by atoms with E-state index in [1.807, 2.05) is 16.8 Å². The molecule has 0 saturated carbocycles. The maximum Gasteiger partial charge on any atom is 0.216 e. The highest BCUT2D eigenvalue weighted by molar-refractivity contribution is 5.81. The van der Waals surface area contributed by atoms with E-state index in [0.717, 1.165) is 18.8 Å². The zero-order chi connectivity index (χ0) is 13.7. The van der Waals surface area contributed by atoms with Crippen LogP contribution in [0.3, 0.4) is 0 Å². The highest BCUT2D eigenvalue weighted by Crippen LogP contribution is 2.17. The molecule has 0 aliphatic rings. The summed E-state index contributed by atoms with van der Waals surface area (Å²) in [4.78, 5) is 10.7. The number of hydrogen-bond donors (Lipinski definition) is 2. The summed E-state index contributed by atoms with van der Waals surface area (Å²) in [5, 5.41) is 11.9. The molecule has 0 bridgehead atoms. The van der Waals surface area contributed by atoms with Gasteiger partial charge in [-0.1, -0.05) is 18.2 Å². The molecule has 2 N–H and O–H groups in total. The normalized spacial score (nSPS) is 10.8. The van der Waals surface area contributed by atoms with Crippen LogP contribution in [-0.4, -0.2) is 28.8 Å². The van der Waals surface area contributed by atoms with Crippen LogP contribution in [0.5, 0.6) is 0 Å². The molecule has 0 unspecified atom stereocenters. The minimum Gasteiger partial charge on any atom is -0.355 e. The van der Waals surface area contributed by atoms with Gasteiger partial charge in [0.1, 0.15) is 0 Å². The van der Waals surface area contributed by atoms with Crippen LogP contribution in [0, 0.1) is 0 Å². The summed E-state index contributed by atoms with van der Waals surface area (Å²) in [7, 11) is 0. The van der Waals surface area contributed by atoms with E-state index < -0.39 is 0 Å². The number of benzene rings is 1. The van der Waals surface area contributed by atoms with Gasteiger partial charge in [-0.15, -0.1) is 0 Å². The van der Waals surface area contributed by atoms with Crippen LogP contribution in [0.2, 0.25) is 0 Å². The molecule has 0 radical (unpaired) electrons. The molecule has 0 saturated heterocycles. The Morgan fingerprint density at radius 1 is 1.32 bits per heavy atom. The van der Waals surface area contributed by atoms with Gasteiger partial charge in [-0.3, -0.25) is 9.48 Å². The lowest BCUT2D eigenvalue weighted by molar-refractivity contribution is -0.118. The van der Waals surface area contributed by atoms with Gasteiger partial charge in [0.05, 0.1) is 11.2 Å². The van der Waals surface area contributed by atoms with Crippen molar-refractivity contribution in [2.75, 3.05) is 13.1 Å². The standard InChI is InChI=1S/C14H20N4O/c1-3-18-14-7-5-4-6-12(14)13(17-18)10-15-8-9-16-11(2)19/h4-7,15H,3,8-10H2,1-2H3,(H,16,19). The Labute approximate surface area is 113 Å². The molecule has 0 spiro atoms. The first-order valence-electron chi connectivity index (χ1n) is 6.62. The van der Waals surface area contributed by atoms with Crippen LogP contribution >= 0.6 is 0 Å². The van der Waals surface area contributed by atoms with E-state index in [4.69, 9.17) is 0 Å². The van der Waals surface area contributed by atoms with E-state index in [0.29, 0.717) is 13.1 Å². The maximum absolute atomic E-state index is 10.7. The Hall–Kier alpha value is -1.88. The average molecular weight is 260 g/mol. The molecule has 102 valence electrons. The molecule has 0 fully saturated rings. The van der Waals surface area contributed by atoms with E-state index in [1.54, 1.807) is 0 Å². The average Bonchev–Trinajstić information content (AvgIpc) is 2.76. The fourth-order valence-electron chi connectivity index (χ4n) is 2.10. The number of carbonyl (C=O) groups is 1. The van der Waals surface area contributed by atoms with Crippen LogP contribution < -0.4 is 10.6 Å². The molecule has 0 aliphatic heterocycles. The summed E-state index contributed by atoms with van der Waals surface area (Å²) in [5.41, 5.74) is 2.23. The predicted octanol–water partition coefficient (Wildman–Crippen LogP) is 1.28. The van der Waals surface area contributed by atoms with Crippen LogP contribution in [0.1, 0.15) is 19.5 Å². The molecule has 0 aliphatic carbocycles. The van der Waals surface area contributed by atoms with Crippen molar-refractivity contribution in [2.24, 2.45) is 0 Å². The Morgan fingerprint density at radius 3 is 2.84 bits per heavy atom. The number of rotatable bonds is 6. The fourth-order valence-corrected chi connectivity index (χ4v) is 2.10. The van der Waals surface area contributed by atoms with E-state index in [2.05, 4.69) is 34.8 Å². The molecular weight excluding hydrogens is 240 g/mol. The van der Waals surface area contributed by atoms with Gasteiger partial charge in [-0.25, -0.2) is 0 Å². The third-order valence-corrected chi connectivity index (χ3v) is 3.00. The first kappa shape index (κ1) is 13.5. The number of nitrogens with zero attached hydrogens (tertiary/aromatic N) is 2. The number of aromatic nitrogens is 2. The SMILES string of the molecule is CCn1nc(CNCCNC(C)=O)c2ccccc21. The summed E-state index contributed by atoms with van der Waals surface area (Å²) in [6, 6.07) is 8.25. The lowest BCUT2D eigenvalue weighted by Crippen LogP contribution is -2.30. The Kier molecular flexibility index (Phi) is 4.52. The first-order chi connectivity index (χ1) is 9.22. The third-order valence-electron chi connectivity index (χ3n) is 3.00. The molecule has 1 aromatic heterocycles. The zero-order valence-corrected chi connectivity index (χ0v) is 11.4. The second-order valence-electron chi connectivity index (χ2n) is 4.44. The van der Waals surface area contributed by atoms with E-state index >= 15 is 0 Å². The molecule has 1 amide bonds. The largest absolute Gasteiger partial charge is 0.355 e. The van der Waals surface area contributed by atoms with Crippen molar-refractivity contribution < 1.29 is 4.79 Å². The van der Waals surface area contributed by atoms with E-state index in [9.17, 15) is 4.79 Å². The number of hydrogen-bond acceptors (Lipinski definition) is 3. The second kappa shape index (κ2) is 6.33. The lowest BCUT2D eigenvalue weighted by Gasteiger charge is -2.03. The van der Waals surface area contributed by atoms with Gasteiger partial charge in [0.25, 0.3) is 0 Å².